The number of rotatable bonds is 4. The van der Waals surface area contributed by atoms with Crippen molar-refractivity contribution in [1.29, 1.82) is 0 Å². The molecule has 0 aliphatic heterocycles. The third-order valence-corrected chi connectivity index (χ3v) is 4.17. The highest BCUT2D eigenvalue weighted by Crippen LogP contribution is 2.38. The molecule has 0 aliphatic carbocycles. The van der Waals surface area contributed by atoms with Gasteiger partial charge in [0.2, 0.25) is 0 Å². The van der Waals surface area contributed by atoms with E-state index in [2.05, 4.69) is 0 Å². The van der Waals surface area contributed by atoms with Gasteiger partial charge in [-0.25, -0.2) is 0 Å². The zero-order valence-electron chi connectivity index (χ0n) is 11.0. The quantitative estimate of drug-likeness (QED) is 0.704. The monoisotopic (exact) mass is 330 g/mol. The number of hydrogen-bond donors (Lipinski definition) is 0. The highest BCUT2D eigenvalue weighted by molar-refractivity contribution is 6.42. The molecule has 1 unspecified atom stereocenters. The van der Waals surface area contributed by atoms with Gasteiger partial charge in [0.25, 0.3) is 0 Å². The molecule has 0 spiro atoms. The molecule has 0 fully saturated rings. The summed E-state index contributed by atoms with van der Waals surface area (Å²) in [5, 5.41) is 0.559. The van der Waals surface area contributed by atoms with Gasteiger partial charge in [0.05, 0.1) is 29.6 Å². The minimum Gasteiger partial charge on any atom is -0.497 e. The van der Waals surface area contributed by atoms with Crippen molar-refractivity contribution in [1.82, 2.24) is 0 Å². The zero-order valence-corrected chi connectivity index (χ0v) is 13.3. The lowest BCUT2D eigenvalue weighted by Crippen LogP contribution is -1.98. The minimum atomic E-state index is -0.408. The van der Waals surface area contributed by atoms with Crippen molar-refractivity contribution in [3.63, 3.8) is 0 Å². The lowest BCUT2D eigenvalue weighted by Gasteiger charge is -2.16. The van der Waals surface area contributed by atoms with Gasteiger partial charge < -0.3 is 9.47 Å². The Morgan fingerprint density at radius 2 is 1.65 bits per heavy atom. The Balaban J connectivity index is 2.45. The number of benzene rings is 2. The van der Waals surface area contributed by atoms with Crippen molar-refractivity contribution in [2.24, 2.45) is 0 Å². The summed E-state index contributed by atoms with van der Waals surface area (Å²) in [5.74, 6) is 1.41. The van der Waals surface area contributed by atoms with Crippen LogP contribution in [0, 0.1) is 0 Å². The van der Waals surface area contributed by atoms with Crippen molar-refractivity contribution in [2.75, 3.05) is 14.2 Å². The second kappa shape index (κ2) is 6.57. The van der Waals surface area contributed by atoms with E-state index < -0.39 is 5.38 Å². The summed E-state index contributed by atoms with van der Waals surface area (Å²) < 4.78 is 10.6. The van der Waals surface area contributed by atoms with Crippen molar-refractivity contribution < 1.29 is 9.47 Å². The van der Waals surface area contributed by atoms with Crippen LogP contribution in [0.4, 0.5) is 0 Å². The van der Waals surface area contributed by atoms with Gasteiger partial charge in [0.15, 0.2) is 0 Å². The molecule has 2 aromatic carbocycles. The predicted octanol–water partition coefficient (Wildman–Crippen LogP) is 5.34. The third-order valence-electron chi connectivity index (χ3n) is 2.95. The topological polar surface area (TPSA) is 18.5 Å². The van der Waals surface area contributed by atoms with Gasteiger partial charge in [-0.1, -0.05) is 29.3 Å². The van der Waals surface area contributed by atoms with E-state index in [1.54, 1.807) is 26.4 Å². The Hall–Kier alpha value is -1.09. The molecule has 0 bridgehead atoms. The van der Waals surface area contributed by atoms with Gasteiger partial charge in [-0.3, -0.25) is 0 Å². The first-order chi connectivity index (χ1) is 9.56. The number of ether oxygens (including phenoxy) is 2. The van der Waals surface area contributed by atoms with E-state index in [1.165, 1.54) is 0 Å². The third kappa shape index (κ3) is 3.14. The molecular weight excluding hydrogens is 319 g/mol. The van der Waals surface area contributed by atoms with Crippen LogP contribution < -0.4 is 9.47 Å². The smallest absolute Gasteiger partial charge is 0.124 e. The van der Waals surface area contributed by atoms with E-state index in [4.69, 9.17) is 44.3 Å². The number of alkyl halides is 1. The van der Waals surface area contributed by atoms with Crippen LogP contribution in [0.15, 0.2) is 36.4 Å². The van der Waals surface area contributed by atoms with Crippen molar-refractivity contribution >= 4 is 34.8 Å². The normalized spacial score (nSPS) is 12.1. The lowest BCUT2D eigenvalue weighted by molar-refractivity contribution is 0.399. The summed E-state index contributed by atoms with van der Waals surface area (Å²) in [6, 6.07) is 10.8. The standard InChI is InChI=1S/C15H13Cl3O2/c1-19-10-4-6-14(20-2)11(8-10)15(18)9-3-5-12(16)13(17)7-9/h3-8,15H,1-2H3. The molecule has 0 heterocycles. The number of halogens is 3. The first kappa shape index (κ1) is 15.3. The SMILES string of the molecule is COc1ccc(OC)c(C(Cl)c2ccc(Cl)c(Cl)c2)c1. The highest BCUT2D eigenvalue weighted by atomic mass is 35.5. The zero-order chi connectivity index (χ0) is 14.7. The van der Waals surface area contributed by atoms with E-state index in [9.17, 15) is 0 Å². The molecular formula is C15H13Cl3O2. The largest absolute Gasteiger partial charge is 0.497 e. The molecule has 0 aromatic heterocycles. The van der Waals surface area contributed by atoms with Crippen LogP contribution in [0.1, 0.15) is 16.5 Å². The molecule has 2 aromatic rings. The summed E-state index contributed by atoms with van der Waals surface area (Å²) in [5.41, 5.74) is 1.65. The van der Waals surface area contributed by atoms with Crippen molar-refractivity contribution in [2.45, 2.75) is 5.38 Å². The number of hydrogen-bond acceptors (Lipinski definition) is 2. The molecule has 0 saturated carbocycles. The fourth-order valence-electron chi connectivity index (χ4n) is 1.89. The van der Waals surface area contributed by atoms with E-state index in [0.29, 0.717) is 21.5 Å². The van der Waals surface area contributed by atoms with Gasteiger partial charge >= 0.3 is 0 Å². The Kier molecular flexibility index (Phi) is 5.03. The Labute approximate surface area is 133 Å². The second-order valence-electron chi connectivity index (χ2n) is 4.14. The first-order valence-electron chi connectivity index (χ1n) is 5.87. The maximum Gasteiger partial charge on any atom is 0.124 e. The van der Waals surface area contributed by atoms with E-state index in [-0.39, 0.29) is 0 Å². The highest BCUT2D eigenvalue weighted by Gasteiger charge is 2.17. The van der Waals surface area contributed by atoms with Crippen LogP contribution in [-0.4, -0.2) is 14.2 Å². The fourth-order valence-corrected chi connectivity index (χ4v) is 2.50. The first-order valence-corrected chi connectivity index (χ1v) is 7.07. The van der Waals surface area contributed by atoms with Crippen LogP contribution in [0.2, 0.25) is 10.0 Å². The minimum absolute atomic E-state index is 0.408. The van der Waals surface area contributed by atoms with Crippen molar-refractivity contribution in [3.8, 4) is 11.5 Å². The summed E-state index contributed by atoms with van der Waals surface area (Å²) in [6.07, 6.45) is 0. The molecule has 5 heteroatoms. The van der Waals surface area contributed by atoms with Crippen LogP contribution in [0.3, 0.4) is 0 Å². The van der Waals surface area contributed by atoms with Crippen LogP contribution >= 0.6 is 34.8 Å². The lowest BCUT2D eigenvalue weighted by atomic mass is 10.0. The summed E-state index contributed by atoms with van der Waals surface area (Å²) in [6.45, 7) is 0. The fraction of sp³-hybridized carbons (Fsp3) is 0.200. The average molecular weight is 332 g/mol. The summed E-state index contributed by atoms with van der Waals surface area (Å²) in [7, 11) is 3.21. The molecule has 0 aliphatic rings. The molecule has 1 atom stereocenters. The van der Waals surface area contributed by atoms with Gasteiger partial charge in [0.1, 0.15) is 11.5 Å². The van der Waals surface area contributed by atoms with Crippen molar-refractivity contribution in [3.05, 3.63) is 57.6 Å². The molecule has 0 N–H and O–H groups in total. The second-order valence-corrected chi connectivity index (χ2v) is 5.39. The van der Waals surface area contributed by atoms with Gasteiger partial charge in [-0.15, -0.1) is 11.6 Å². The summed E-state index contributed by atoms with van der Waals surface area (Å²) in [4.78, 5) is 0. The van der Waals surface area contributed by atoms with E-state index in [0.717, 1.165) is 11.1 Å². The maximum absolute atomic E-state index is 6.53. The van der Waals surface area contributed by atoms with Crippen LogP contribution in [-0.2, 0) is 0 Å². The summed E-state index contributed by atoms with van der Waals surface area (Å²) >= 11 is 18.5. The maximum atomic E-state index is 6.53. The molecule has 20 heavy (non-hydrogen) atoms. The van der Waals surface area contributed by atoms with Crippen LogP contribution in [0.25, 0.3) is 0 Å². The van der Waals surface area contributed by atoms with Gasteiger partial charge in [0, 0.05) is 5.56 Å². The molecule has 106 valence electrons. The Morgan fingerprint density at radius 3 is 2.25 bits per heavy atom. The molecule has 2 nitrogen and oxygen atoms in total. The number of methoxy groups -OCH3 is 2. The van der Waals surface area contributed by atoms with Crippen LogP contribution in [0.5, 0.6) is 11.5 Å². The molecule has 2 rings (SSSR count). The van der Waals surface area contributed by atoms with Gasteiger partial charge in [-0.05, 0) is 35.9 Å². The Morgan fingerprint density at radius 1 is 0.900 bits per heavy atom. The van der Waals surface area contributed by atoms with Gasteiger partial charge in [-0.2, -0.15) is 0 Å². The Bertz CT molecular complexity index is 614. The van der Waals surface area contributed by atoms with E-state index >= 15 is 0 Å². The molecule has 0 amide bonds. The molecule has 0 radical (unpaired) electrons. The predicted molar refractivity (Wildman–Crippen MR) is 83.7 cm³/mol. The molecule has 0 saturated heterocycles. The average Bonchev–Trinajstić information content (AvgIpc) is 2.48. The van der Waals surface area contributed by atoms with E-state index in [1.807, 2.05) is 24.3 Å².